The van der Waals surface area contributed by atoms with Crippen molar-refractivity contribution < 1.29 is 13.6 Å². The fourth-order valence-electron chi connectivity index (χ4n) is 2.44. The van der Waals surface area contributed by atoms with Gasteiger partial charge >= 0.3 is 0 Å². The zero-order valence-corrected chi connectivity index (χ0v) is 14.0. The molecule has 0 bridgehead atoms. The van der Waals surface area contributed by atoms with Gasteiger partial charge in [0.25, 0.3) is 5.91 Å². The third-order valence-corrected chi connectivity index (χ3v) is 3.87. The summed E-state index contributed by atoms with van der Waals surface area (Å²) in [6, 6.07) is 16.5. The van der Waals surface area contributed by atoms with Crippen molar-refractivity contribution in [1.82, 2.24) is 4.98 Å². The van der Waals surface area contributed by atoms with Gasteiger partial charge in [0.2, 0.25) is 0 Å². The van der Waals surface area contributed by atoms with Crippen LogP contribution in [0.25, 0.3) is 0 Å². The van der Waals surface area contributed by atoms with Crippen molar-refractivity contribution in [2.24, 2.45) is 0 Å². The fourth-order valence-corrected chi connectivity index (χ4v) is 2.44. The largest absolute Gasteiger partial charge is 0.364 e. The van der Waals surface area contributed by atoms with E-state index in [4.69, 9.17) is 0 Å². The molecule has 3 aromatic rings. The average Bonchev–Trinajstić information content (AvgIpc) is 2.66. The lowest BCUT2D eigenvalue weighted by atomic mass is 10.1. The summed E-state index contributed by atoms with van der Waals surface area (Å²) in [5, 5.41) is 5.76. The molecule has 0 aliphatic carbocycles. The predicted molar refractivity (Wildman–Crippen MR) is 97.0 cm³/mol. The Morgan fingerprint density at radius 3 is 2.42 bits per heavy atom. The lowest BCUT2D eigenvalue weighted by Crippen LogP contribution is -2.13. The molecule has 0 radical (unpaired) electrons. The highest BCUT2D eigenvalue weighted by molar-refractivity contribution is 6.04. The van der Waals surface area contributed by atoms with Crippen LogP contribution in [0.5, 0.6) is 0 Å². The van der Waals surface area contributed by atoms with E-state index in [1.807, 2.05) is 37.3 Å². The van der Waals surface area contributed by atoms with Gasteiger partial charge in [0.15, 0.2) is 11.6 Å². The summed E-state index contributed by atoms with van der Waals surface area (Å²) in [4.78, 5) is 16.4. The Morgan fingerprint density at radius 2 is 1.77 bits per heavy atom. The van der Waals surface area contributed by atoms with Gasteiger partial charge in [-0.2, -0.15) is 0 Å². The predicted octanol–water partition coefficient (Wildman–Crippen LogP) is 4.79. The highest BCUT2D eigenvalue weighted by Crippen LogP contribution is 2.18. The van der Waals surface area contributed by atoms with Crippen molar-refractivity contribution in [3.63, 3.8) is 0 Å². The smallest absolute Gasteiger partial charge is 0.257 e. The molecule has 0 spiro atoms. The minimum atomic E-state index is -1.02. The van der Waals surface area contributed by atoms with E-state index in [1.165, 1.54) is 12.3 Å². The standard InChI is InChI=1S/C20H17F2N3O/c1-13(14-5-3-2-4-6-14)24-19-10-7-15(12-23-19)20(26)25-16-8-9-17(21)18(22)11-16/h2-13H,1H3,(H,23,24)(H,25,26). The first-order valence-electron chi connectivity index (χ1n) is 8.07. The average molecular weight is 353 g/mol. The van der Waals surface area contributed by atoms with Gasteiger partial charge in [-0.15, -0.1) is 0 Å². The molecular weight excluding hydrogens is 336 g/mol. The van der Waals surface area contributed by atoms with Crippen LogP contribution in [-0.4, -0.2) is 10.9 Å². The second-order valence-electron chi connectivity index (χ2n) is 5.79. The maximum atomic E-state index is 13.2. The number of carbonyl (C=O) groups is 1. The monoisotopic (exact) mass is 353 g/mol. The highest BCUT2D eigenvalue weighted by atomic mass is 19.2. The number of anilines is 2. The van der Waals surface area contributed by atoms with Crippen LogP contribution in [0.1, 0.15) is 28.9 Å². The summed E-state index contributed by atoms with van der Waals surface area (Å²) >= 11 is 0. The second kappa shape index (κ2) is 7.74. The van der Waals surface area contributed by atoms with Crippen molar-refractivity contribution >= 4 is 17.4 Å². The molecule has 1 amide bonds. The van der Waals surface area contributed by atoms with Crippen LogP contribution >= 0.6 is 0 Å². The Kier molecular flexibility index (Phi) is 5.22. The second-order valence-corrected chi connectivity index (χ2v) is 5.79. The van der Waals surface area contributed by atoms with E-state index in [2.05, 4.69) is 15.6 Å². The highest BCUT2D eigenvalue weighted by Gasteiger charge is 2.10. The van der Waals surface area contributed by atoms with Crippen LogP contribution in [0, 0.1) is 11.6 Å². The van der Waals surface area contributed by atoms with Gasteiger partial charge in [-0.25, -0.2) is 13.8 Å². The molecular formula is C20H17F2N3O. The van der Waals surface area contributed by atoms with E-state index in [9.17, 15) is 13.6 Å². The first kappa shape index (κ1) is 17.5. The summed E-state index contributed by atoms with van der Waals surface area (Å²) in [6.07, 6.45) is 1.43. The molecule has 0 aliphatic heterocycles. The molecule has 3 rings (SSSR count). The minimum Gasteiger partial charge on any atom is -0.364 e. The molecule has 1 heterocycles. The van der Waals surface area contributed by atoms with Gasteiger partial charge < -0.3 is 10.6 Å². The lowest BCUT2D eigenvalue weighted by Gasteiger charge is -2.15. The van der Waals surface area contributed by atoms with Crippen LogP contribution in [-0.2, 0) is 0 Å². The number of pyridine rings is 1. The molecule has 26 heavy (non-hydrogen) atoms. The summed E-state index contributed by atoms with van der Waals surface area (Å²) < 4.78 is 26.1. The van der Waals surface area contributed by atoms with E-state index in [0.29, 0.717) is 11.4 Å². The van der Waals surface area contributed by atoms with Gasteiger partial charge in [-0.3, -0.25) is 4.79 Å². The van der Waals surface area contributed by atoms with Crippen LogP contribution in [0.3, 0.4) is 0 Å². The number of carbonyl (C=O) groups excluding carboxylic acids is 1. The number of benzene rings is 2. The third-order valence-electron chi connectivity index (χ3n) is 3.87. The van der Waals surface area contributed by atoms with E-state index >= 15 is 0 Å². The molecule has 6 heteroatoms. The maximum Gasteiger partial charge on any atom is 0.257 e. The Balaban J connectivity index is 1.65. The molecule has 0 aliphatic rings. The maximum absolute atomic E-state index is 13.2. The molecule has 0 fully saturated rings. The lowest BCUT2D eigenvalue weighted by molar-refractivity contribution is 0.102. The van der Waals surface area contributed by atoms with Crippen molar-refractivity contribution in [2.75, 3.05) is 10.6 Å². The van der Waals surface area contributed by atoms with Gasteiger partial charge in [-0.05, 0) is 36.8 Å². The molecule has 0 saturated carbocycles. The molecule has 1 aromatic heterocycles. The summed E-state index contributed by atoms with van der Waals surface area (Å²) in [7, 11) is 0. The zero-order chi connectivity index (χ0) is 18.5. The number of hydrogen-bond acceptors (Lipinski definition) is 3. The van der Waals surface area contributed by atoms with E-state index in [-0.39, 0.29) is 11.7 Å². The van der Waals surface area contributed by atoms with Crippen molar-refractivity contribution in [3.8, 4) is 0 Å². The SMILES string of the molecule is CC(Nc1ccc(C(=O)Nc2ccc(F)c(F)c2)cn1)c1ccccc1. The summed E-state index contributed by atoms with van der Waals surface area (Å²) in [5.41, 5.74) is 1.61. The van der Waals surface area contributed by atoms with E-state index in [0.717, 1.165) is 17.7 Å². The fraction of sp³-hybridized carbons (Fsp3) is 0.100. The number of nitrogens with one attached hydrogen (secondary N) is 2. The molecule has 132 valence electrons. The Hall–Kier alpha value is -3.28. The Bertz CT molecular complexity index is 899. The van der Waals surface area contributed by atoms with Gasteiger partial charge in [0, 0.05) is 24.0 Å². The van der Waals surface area contributed by atoms with Crippen LogP contribution in [0.2, 0.25) is 0 Å². The molecule has 0 saturated heterocycles. The summed E-state index contributed by atoms with van der Waals surface area (Å²) in [5.74, 6) is -1.81. The first-order chi connectivity index (χ1) is 12.5. The molecule has 1 unspecified atom stereocenters. The van der Waals surface area contributed by atoms with Crippen molar-refractivity contribution in [3.05, 3.63) is 89.6 Å². The van der Waals surface area contributed by atoms with E-state index < -0.39 is 17.5 Å². The van der Waals surface area contributed by atoms with Crippen LogP contribution in [0.4, 0.5) is 20.3 Å². The Morgan fingerprint density at radius 1 is 1.00 bits per heavy atom. The zero-order valence-electron chi connectivity index (χ0n) is 14.0. The van der Waals surface area contributed by atoms with Crippen molar-refractivity contribution in [1.29, 1.82) is 0 Å². The van der Waals surface area contributed by atoms with Crippen LogP contribution < -0.4 is 10.6 Å². The number of amides is 1. The summed E-state index contributed by atoms with van der Waals surface area (Å²) in [6.45, 7) is 2.01. The first-order valence-corrected chi connectivity index (χ1v) is 8.07. The number of nitrogens with zero attached hydrogens (tertiary/aromatic N) is 1. The number of halogens is 2. The third kappa shape index (κ3) is 4.22. The van der Waals surface area contributed by atoms with E-state index in [1.54, 1.807) is 12.1 Å². The molecule has 4 nitrogen and oxygen atoms in total. The normalized spacial score (nSPS) is 11.7. The molecule has 1 atom stereocenters. The van der Waals surface area contributed by atoms with Gasteiger partial charge in [0.1, 0.15) is 5.82 Å². The Labute approximate surface area is 149 Å². The van der Waals surface area contributed by atoms with Crippen LogP contribution in [0.15, 0.2) is 66.9 Å². The quantitative estimate of drug-likeness (QED) is 0.694. The minimum absolute atomic E-state index is 0.0607. The molecule has 2 aromatic carbocycles. The number of aromatic nitrogens is 1. The van der Waals surface area contributed by atoms with Gasteiger partial charge in [-0.1, -0.05) is 30.3 Å². The van der Waals surface area contributed by atoms with Crippen molar-refractivity contribution in [2.45, 2.75) is 13.0 Å². The molecule has 2 N–H and O–H groups in total. The van der Waals surface area contributed by atoms with Gasteiger partial charge in [0.05, 0.1) is 5.56 Å². The number of rotatable bonds is 5. The topological polar surface area (TPSA) is 54.0 Å². The number of hydrogen-bond donors (Lipinski definition) is 2.